The van der Waals surface area contributed by atoms with Crippen LogP contribution in [-0.2, 0) is 4.74 Å². The lowest BCUT2D eigenvalue weighted by Crippen LogP contribution is -2.21. The molecule has 2 heterocycles. The molecule has 1 fully saturated rings. The number of benzene rings is 2. The largest absolute Gasteiger partial charge is 0.493 e. The number of hydrogen-bond acceptors (Lipinski definition) is 4. The quantitative estimate of drug-likeness (QED) is 0.546. The molecule has 0 N–H and O–H groups in total. The molecule has 0 atom stereocenters. The zero-order chi connectivity index (χ0) is 15.6. The Morgan fingerprint density at radius 1 is 1.00 bits per heavy atom. The fourth-order valence-electron chi connectivity index (χ4n) is 3.14. The monoisotopic (exact) mass is 310 g/mol. The van der Waals surface area contributed by atoms with Crippen molar-refractivity contribution in [3.8, 4) is 5.75 Å². The van der Waals surface area contributed by atoms with E-state index in [1.807, 2.05) is 36.4 Å². The molecule has 1 aromatic heterocycles. The van der Waals surface area contributed by atoms with Crippen LogP contribution in [0, 0.1) is 5.92 Å². The van der Waals surface area contributed by atoms with Crippen LogP contribution in [0.4, 0.5) is 0 Å². The lowest BCUT2D eigenvalue weighted by Gasteiger charge is -2.22. The van der Waals surface area contributed by atoms with Gasteiger partial charge in [-0.15, -0.1) is 0 Å². The standard InChI is InChI=1S/C19H18O4/c20-19-15-5-2-1-4-14(15)18-16(6-3-7-17(18)23-19)22-12-13-8-10-21-11-9-13/h1-7,13H,8-12H2. The fraction of sp³-hybridized carbons (Fsp3) is 0.316. The summed E-state index contributed by atoms with van der Waals surface area (Å²) in [6.07, 6.45) is 2.06. The third-order valence-electron chi connectivity index (χ3n) is 4.42. The van der Waals surface area contributed by atoms with Crippen molar-refractivity contribution in [3.63, 3.8) is 0 Å². The zero-order valence-electron chi connectivity index (χ0n) is 12.8. The van der Waals surface area contributed by atoms with Crippen molar-refractivity contribution in [2.45, 2.75) is 12.8 Å². The highest BCUT2D eigenvalue weighted by Crippen LogP contribution is 2.32. The van der Waals surface area contributed by atoms with E-state index in [1.54, 1.807) is 6.07 Å². The second-order valence-electron chi connectivity index (χ2n) is 5.93. The first kappa shape index (κ1) is 14.3. The van der Waals surface area contributed by atoms with Crippen molar-refractivity contribution in [1.82, 2.24) is 0 Å². The molecule has 118 valence electrons. The molecule has 0 radical (unpaired) electrons. The van der Waals surface area contributed by atoms with Gasteiger partial charge in [0.2, 0.25) is 0 Å². The van der Waals surface area contributed by atoms with Crippen LogP contribution in [0.1, 0.15) is 12.8 Å². The van der Waals surface area contributed by atoms with E-state index in [1.165, 1.54) is 0 Å². The van der Waals surface area contributed by atoms with Gasteiger partial charge in [-0.1, -0.05) is 24.3 Å². The summed E-state index contributed by atoms with van der Waals surface area (Å²) < 4.78 is 16.9. The van der Waals surface area contributed by atoms with Crippen molar-refractivity contribution in [2.75, 3.05) is 19.8 Å². The summed E-state index contributed by atoms with van der Waals surface area (Å²) in [5.41, 5.74) is 0.257. The molecule has 0 unspecified atom stereocenters. The Kier molecular flexibility index (Phi) is 3.75. The molecule has 23 heavy (non-hydrogen) atoms. The topological polar surface area (TPSA) is 48.7 Å². The Morgan fingerprint density at radius 3 is 2.61 bits per heavy atom. The molecule has 0 bridgehead atoms. The van der Waals surface area contributed by atoms with Gasteiger partial charge in [0.1, 0.15) is 11.3 Å². The summed E-state index contributed by atoms with van der Waals surface area (Å²) in [6, 6.07) is 13.1. The number of fused-ring (bicyclic) bond motifs is 3. The van der Waals surface area contributed by atoms with Gasteiger partial charge >= 0.3 is 5.63 Å². The van der Waals surface area contributed by atoms with Gasteiger partial charge in [-0.05, 0) is 37.0 Å². The fourth-order valence-corrected chi connectivity index (χ4v) is 3.14. The minimum absolute atomic E-state index is 0.310. The average Bonchev–Trinajstić information content (AvgIpc) is 2.61. The molecular weight excluding hydrogens is 292 g/mol. The molecule has 3 aromatic rings. The minimum Gasteiger partial charge on any atom is -0.493 e. The van der Waals surface area contributed by atoms with Gasteiger partial charge in [0.25, 0.3) is 0 Å². The third-order valence-corrected chi connectivity index (χ3v) is 4.42. The van der Waals surface area contributed by atoms with Crippen molar-refractivity contribution in [3.05, 3.63) is 52.9 Å². The smallest absolute Gasteiger partial charge is 0.344 e. The van der Waals surface area contributed by atoms with Gasteiger partial charge in [0.15, 0.2) is 0 Å². The van der Waals surface area contributed by atoms with Crippen molar-refractivity contribution in [2.24, 2.45) is 5.92 Å². The summed E-state index contributed by atoms with van der Waals surface area (Å²) >= 11 is 0. The molecule has 4 nitrogen and oxygen atoms in total. The van der Waals surface area contributed by atoms with E-state index in [2.05, 4.69) is 0 Å². The van der Waals surface area contributed by atoms with E-state index in [0.29, 0.717) is 23.5 Å². The number of rotatable bonds is 3. The maximum atomic E-state index is 12.1. The SMILES string of the molecule is O=c1oc2cccc(OCC3CCOCC3)c2c2ccccc12. The van der Waals surface area contributed by atoms with Gasteiger partial charge in [-0.25, -0.2) is 4.79 Å². The second-order valence-corrected chi connectivity index (χ2v) is 5.93. The molecule has 2 aromatic carbocycles. The van der Waals surface area contributed by atoms with Gasteiger partial charge in [-0.3, -0.25) is 0 Å². The summed E-state index contributed by atoms with van der Waals surface area (Å²) in [5.74, 6) is 1.29. The van der Waals surface area contributed by atoms with Crippen LogP contribution in [0.5, 0.6) is 5.75 Å². The first-order chi connectivity index (χ1) is 11.3. The molecule has 1 aliphatic rings. The van der Waals surface area contributed by atoms with Crippen LogP contribution in [0.25, 0.3) is 21.7 Å². The van der Waals surface area contributed by atoms with E-state index < -0.39 is 0 Å². The van der Waals surface area contributed by atoms with E-state index in [0.717, 1.165) is 42.6 Å². The zero-order valence-corrected chi connectivity index (χ0v) is 12.8. The Hall–Kier alpha value is -2.33. The average molecular weight is 310 g/mol. The van der Waals surface area contributed by atoms with E-state index in [-0.39, 0.29) is 5.63 Å². The van der Waals surface area contributed by atoms with Gasteiger partial charge in [0, 0.05) is 18.6 Å². The molecular formula is C19H18O4. The molecule has 1 aliphatic heterocycles. The lowest BCUT2D eigenvalue weighted by atomic mass is 10.0. The summed E-state index contributed by atoms with van der Waals surface area (Å²) in [5, 5.41) is 2.33. The second kappa shape index (κ2) is 6.05. The molecule has 0 spiro atoms. The molecule has 0 aliphatic carbocycles. The Balaban J connectivity index is 1.77. The molecule has 4 heteroatoms. The highest BCUT2D eigenvalue weighted by atomic mass is 16.5. The minimum atomic E-state index is -0.310. The highest BCUT2D eigenvalue weighted by molar-refractivity contribution is 6.07. The lowest BCUT2D eigenvalue weighted by molar-refractivity contribution is 0.0500. The maximum Gasteiger partial charge on any atom is 0.344 e. The van der Waals surface area contributed by atoms with Crippen LogP contribution in [0.15, 0.2) is 51.7 Å². The third kappa shape index (κ3) is 2.70. The summed E-state index contributed by atoms with van der Waals surface area (Å²) in [7, 11) is 0. The van der Waals surface area contributed by atoms with E-state index in [4.69, 9.17) is 13.9 Å². The number of hydrogen-bond donors (Lipinski definition) is 0. The molecule has 1 saturated heterocycles. The van der Waals surface area contributed by atoms with Crippen molar-refractivity contribution >= 4 is 21.7 Å². The first-order valence-corrected chi connectivity index (χ1v) is 7.98. The van der Waals surface area contributed by atoms with Crippen molar-refractivity contribution in [1.29, 1.82) is 0 Å². The summed E-state index contributed by atoms with van der Waals surface area (Å²) in [4.78, 5) is 12.1. The molecule has 0 saturated carbocycles. The Morgan fingerprint density at radius 2 is 1.78 bits per heavy atom. The highest BCUT2D eigenvalue weighted by Gasteiger charge is 2.16. The van der Waals surface area contributed by atoms with Crippen molar-refractivity contribution < 1.29 is 13.9 Å². The van der Waals surface area contributed by atoms with Crippen LogP contribution >= 0.6 is 0 Å². The Labute approximate surface area is 133 Å². The van der Waals surface area contributed by atoms with Crippen LogP contribution < -0.4 is 10.4 Å². The maximum absolute atomic E-state index is 12.1. The van der Waals surface area contributed by atoms with E-state index >= 15 is 0 Å². The Bertz CT molecular complexity index is 891. The van der Waals surface area contributed by atoms with Crippen LogP contribution in [-0.4, -0.2) is 19.8 Å². The molecule has 4 rings (SSSR count). The predicted octanol–water partition coefficient (Wildman–Crippen LogP) is 3.75. The van der Waals surface area contributed by atoms with Gasteiger partial charge < -0.3 is 13.9 Å². The molecule has 0 amide bonds. The van der Waals surface area contributed by atoms with E-state index in [9.17, 15) is 4.79 Å². The van der Waals surface area contributed by atoms with Crippen LogP contribution in [0.2, 0.25) is 0 Å². The first-order valence-electron chi connectivity index (χ1n) is 7.98. The number of ether oxygens (including phenoxy) is 2. The normalized spacial score (nSPS) is 16.0. The summed E-state index contributed by atoms with van der Waals surface area (Å²) in [6.45, 7) is 2.28. The van der Waals surface area contributed by atoms with Gasteiger partial charge in [-0.2, -0.15) is 0 Å². The predicted molar refractivity (Wildman–Crippen MR) is 89.0 cm³/mol. The van der Waals surface area contributed by atoms with Crippen LogP contribution in [0.3, 0.4) is 0 Å². The van der Waals surface area contributed by atoms with Gasteiger partial charge in [0.05, 0.1) is 17.4 Å².